The van der Waals surface area contributed by atoms with Gasteiger partial charge in [0.2, 0.25) is 0 Å². The fraction of sp³-hybridized carbons (Fsp3) is 0.171. The summed E-state index contributed by atoms with van der Waals surface area (Å²) in [5.41, 5.74) is 7.40. The number of Topliss-reactive ketones (excluding diaryl/α,β-unsaturated/α-hetero) is 1. The summed E-state index contributed by atoms with van der Waals surface area (Å²) in [5.74, 6) is -0.308. The number of anilines is 2. The summed E-state index contributed by atoms with van der Waals surface area (Å²) in [7, 11) is 0. The molecule has 42 heavy (non-hydrogen) atoms. The van der Waals surface area contributed by atoms with Crippen molar-refractivity contribution in [1.29, 1.82) is 0 Å². The smallest absolute Gasteiger partial charge is 0.255 e. The number of phenols is 1. The molecule has 3 aromatic carbocycles. The van der Waals surface area contributed by atoms with Crippen molar-refractivity contribution in [3.8, 4) is 17.0 Å². The lowest BCUT2D eigenvalue weighted by Crippen LogP contribution is -2.26. The minimum absolute atomic E-state index is 0.0454. The third-order valence-corrected chi connectivity index (χ3v) is 7.73. The number of H-pyrrole nitrogens is 1. The van der Waals surface area contributed by atoms with E-state index >= 15 is 0 Å². The molecule has 1 aliphatic carbocycles. The minimum atomic E-state index is -0.320. The molecule has 7 heteroatoms. The molecule has 0 bridgehead atoms. The van der Waals surface area contributed by atoms with Crippen LogP contribution >= 0.6 is 0 Å². The molecule has 5 aromatic rings. The number of aromatic hydroxyl groups is 1. The molecule has 1 atom stereocenters. The van der Waals surface area contributed by atoms with Gasteiger partial charge in [-0.05, 0) is 61.2 Å². The first-order chi connectivity index (χ1) is 20.6. The van der Waals surface area contributed by atoms with Gasteiger partial charge in [0.05, 0.1) is 22.5 Å². The number of aryl methyl sites for hydroxylation is 1. The van der Waals surface area contributed by atoms with Crippen LogP contribution in [0, 0.1) is 0 Å². The van der Waals surface area contributed by atoms with Gasteiger partial charge in [-0.2, -0.15) is 0 Å². The number of rotatable bonds is 9. The van der Waals surface area contributed by atoms with Crippen molar-refractivity contribution in [1.82, 2.24) is 15.3 Å². The van der Waals surface area contributed by atoms with E-state index in [0.717, 1.165) is 58.0 Å². The maximum absolute atomic E-state index is 13.1. The van der Waals surface area contributed by atoms with Crippen molar-refractivity contribution in [3.05, 3.63) is 131 Å². The highest BCUT2D eigenvalue weighted by Crippen LogP contribution is 2.39. The first kappa shape index (κ1) is 27.0. The summed E-state index contributed by atoms with van der Waals surface area (Å²) >= 11 is 0. The molecule has 6 rings (SSSR count). The van der Waals surface area contributed by atoms with Crippen LogP contribution in [0.3, 0.4) is 0 Å². The number of hydrogen-bond donors (Lipinski definition) is 4. The number of carbonyl (C=O) groups excluding carboxylic acids is 2. The summed E-state index contributed by atoms with van der Waals surface area (Å²) in [6, 6.07) is 30.5. The van der Waals surface area contributed by atoms with Crippen LogP contribution in [0.15, 0.2) is 103 Å². The van der Waals surface area contributed by atoms with Crippen LogP contribution in [0.25, 0.3) is 11.3 Å². The van der Waals surface area contributed by atoms with Gasteiger partial charge in [-0.3, -0.25) is 14.6 Å². The number of amides is 1. The van der Waals surface area contributed by atoms with E-state index in [9.17, 15) is 14.7 Å². The minimum Gasteiger partial charge on any atom is -0.507 e. The van der Waals surface area contributed by atoms with Gasteiger partial charge in [0.15, 0.2) is 5.78 Å². The largest absolute Gasteiger partial charge is 0.507 e. The summed E-state index contributed by atoms with van der Waals surface area (Å²) in [6.07, 6.45) is 4.61. The molecule has 7 nitrogen and oxygen atoms in total. The molecule has 4 N–H and O–H groups in total. The molecule has 0 saturated heterocycles. The maximum atomic E-state index is 13.1. The maximum Gasteiger partial charge on any atom is 0.255 e. The second-order valence-electron chi connectivity index (χ2n) is 10.5. The number of aromatic amines is 1. The number of nitrogens with zero attached hydrogens (tertiary/aromatic N) is 1. The fourth-order valence-corrected chi connectivity index (χ4v) is 5.66. The standard InChI is InChI=1S/C35H32N4O3/c40-30-16-8-7-14-27(30)35(42)37-21-19-26(23-10-3-1-4-11-23)29-22-24(18-20-36-29)33-34(38-25-12-5-2-6-13-25)32-28(39-33)15-9-17-31(32)41/h1-8,10-14,16,18,20,22,26,38-40H,9,15,17,19,21H2,(H,37,42). The summed E-state index contributed by atoms with van der Waals surface area (Å²) in [4.78, 5) is 34.2. The predicted molar refractivity (Wildman–Crippen MR) is 164 cm³/mol. The van der Waals surface area contributed by atoms with Crippen molar-refractivity contribution >= 4 is 23.1 Å². The topological polar surface area (TPSA) is 107 Å². The van der Waals surface area contributed by atoms with E-state index in [1.54, 1.807) is 24.4 Å². The zero-order chi connectivity index (χ0) is 28.9. The number of phenolic OH excluding ortho intramolecular Hbond substituents is 1. The lowest BCUT2D eigenvalue weighted by molar-refractivity contribution is 0.0947. The highest BCUT2D eigenvalue weighted by atomic mass is 16.3. The van der Waals surface area contributed by atoms with E-state index in [1.807, 2.05) is 54.6 Å². The number of para-hydroxylation sites is 2. The molecule has 2 aromatic heterocycles. The Kier molecular flexibility index (Phi) is 7.81. The Morgan fingerprint density at radius 2 is 1.67 bits per heavy atom. The monoisotopic (exact) mass is 556 g/mol. The average Bonchev–Trinajstić information content (AvgIpc) is 3.40. The van der Waals surface area contributed by atoms with Crippen molar-refractivity contribution in [2.75, 3.05) is 11.9 Å². The van der Waals surface area contributed by atoms with Crippen LogP contribution < -0.4 is 10.6 Å². The van der Waals surface area contributed by atoms with Gasteiger partial charge < -0.3 is 20.7 Å². The molecular formula is C35H32N4O3. The SMILES string of the molecule is O=C(NCCC(c1ccccc1)c1cc(-c2[nH]c3c(c2Nc2ccccc2)C(=O)CCC3)ccn1)c1ccccc1O. The Bertz CT molecular complexity index is 1710. The van der Waals surface area contributed by atoms with Crippen LogP contribution in [0.4, 0.5) is 11.4 Å². The quantitative estimate of drug-likeness (QED) is 0.156. The van der Waals surface area contributed by atoms with E-state index in [1.165, 1.54) is 6.07 Å². The molecule has 0 aliphatic heterocycles. The number of benzene rings is 3. The summed E-state index contributed by atoms with van der Waals surface area (Å²) in [6.45, 7) is 0.394. The molecule has 2 heterocycles. The zero-order valence-electron chi connectivity index (χ0n) is 23.1. The Morgan fingerprint density at radius 1 is 0.929 bits per heavy atom. The highest BCUT2D eigenvalue weighted by Gasteiger charge is 2.27. The molecular weight excluding hydrogens is 524 g/mol. The van der Waals surface area contributed by atoms with Gasteiger partial charge >= 0.3 is 0 Å². The van der Waals surface area contributed by atoms with Crippen molar-refractivity contribution < 1.29 is 14.7 Å². The average molecular weight is 557 g/mol. The van der Waals surface area contributed by atoms with Crippen LogP contribution in [-0.4, -0.2) is 33.3 Å². The number of nitrogens with one attached hydrogen (secondary N) is 3. The summed E-state index contributed by atoms with van der Waals surface area (Å²) in [5, 5.41) is 16.5. The first-order valence-corrected chi connectivity index (χ1v) is 14.3. The van der Waals surface area contributed by atoms with Crippen molar-refractivity contribution in [2.45, 2.75) is 31.6 Å². The fourth-order valence-electron chi connectivity index (χ4n) is 5.66. The highest BCUT2D eigenvalue weighted by molar-refractivity contribution is 6.07. The molecule has 1 unspecified atom stereocenters. The molecule has 1 aliphatic rings. The molecule has 0 spiro atoms. The molecule has 210 valence electrons. The second-order valence-corrected chi connectivity index (χ2v) is 10.5. The van der Waals surface area contributed by atoms with E-state index in [4.69, 9.17) is 4.98 Å². The summed E-state index contributed by atoms with van der Waals surface area (Å²) < 4.78 is 0. The van der Waals surface area contributed by atoms with Gasteiger partial charge in [-0.25, -0.2) is 0 Å². The number of carbonyl (C=O) groups is 2. The van der Waals surface area contributed by atoms with E-state index in [2.05, 4.69) is 33.8 Å². The number of aromatic nitrogens is 2. The Hall–Kier alpha value is -5.17. The van der Waals surface area contributed by atoms with Gasteiger partial charge in [-0.15, -0.1) is 0 Å². The lowest BCUT2D eigenvalue weighted by atomic mass is 9.90. The molecule has 0 fully saturated rings. The Morgan fingerprint density at radius 3 is 2.45 bits per heavy atom. The zero-order valence-corrected chi connectivity index (χ0v) is 23.1. The van der Waals surface area contributed by atoms with Gasteiger partial charge in [-0.1, -0.05) is 60.7 Å². The molecule has 1 amide bonds. The van der Waals surface area contributed by atoms with Crippen molar-refractivity contribution in [3.63, 3.8) is 0 Å². The Labute approximate surface area is 244 Å². The van der Waals surface area contributed by atoms with Gasteiger partial charge in [0.1, 0.15) is 5.75 Å². The van der Waals surface area contributed by atoms with Crippen LogP contribution in [-0.2, 0) is 6.42 Å². The van der Waals surface area contributed by atoms with Crippen molar-refractivity contribution in [2.24, 2.45) is 0 Å². The molecule has 0 radical (unpaired) electrons. The number of ketones is 1. The van der Waals surface area contributed by atoms with Gasteiger partial charge in [0, 0.05) is 47.7 Å². The Balaban J connectivity index is 1.33. The molecule has 0 saturated carbocycles. The third kappa shape index (κ3) is 5.67. The number of pyridine rings is 1. The normalized spacial score (nSPS) is 13.3. The number of fused-ring (bicyclic) bond motifs is 1. The lowest BCUT2D eigenvalue weighted by Gasteiger charge is -2.19. The second kappa shape index (κ2) is 12.1. The van der Waals surface area contributed by atoms with E-state index in [-0.39, 0.29) is 28.9 Å². The van der Waals surface area contributed by atoms with E-state index < -0.39 is 0 Å². The van der Waals surface area contributed by atoms with Crippen LogP contribution in [0.2, 0.25) is 0 Å². The van der Waals surface area contributed by atoms with Gasteiger partial charge in [0.25, 0.3) is 5.91 Å². The van der Waals surface area contributed by atoms with E-state index in [0.29, 0.717) is 19.4 Å². The number of hydrogen-bond acceptors (Lipinski definition) is 5. The van der Waals surface area contributed by atoms with Crippen LogP contribution in [0.5, 0.6) is 5.75 Å². The third-order valence-electron chi connectivity index (χ3n) is 7.73. The predicted octanol–water partition coefficient (Wildman–Crippen LogP) is 7.00. The first-order valence-electron chi connectivity index (χ1n) is 14.3. The van der Waals surface area contributed by atoms with Crippen LogP contribution in [0.1, 0.15) is 62.8 Å².